The summed E-state index contributed by atoms with van der Waals surface area (Å²) in [6.07, 6.45) is 0. The van der Waals surface area contributed by atoms with Crippen molar-refractivity contribution in [2.75, 3.05) is 46.0 Å². The van der Waals surface area contributed by atoms with Crippen molar-refractivity contribution in [3.05, 3.63) is 11.4 Å². The van der Waals surface area contributed by atoms with Crippen molar-refractivity contribution in [1.29, 1.82) is 0 Å². The zero-order chi connectivity index (χ0) is 15.8. The highest BCUT2D eigenvalue weighted by atomic mass is 32.2. The summed E-state index contributed by atoms with van der Waals surface area (Å²) in [7, 11) is -3.59. The predicted octanol–water partition coefficient (Wildman–Crippen LogP) is -0.594. The molecule has 1 aromatic rings. The number of hydrogen-bond acceptors (Lipinski definition) is 6. The Bertz CT molecular complexity index is 615. The van der Waals surface area contributed by atoms with Gasteiger partial charge in [0.25, 0.3) is 0 Å². The number of nitrogens with one attached hydrogen (secondary N) is 2. The normalized spacial score (nSPS) is 27.9. The van der Waals surface area contributed by atoms with Crippen LogP contribution in [0.5, 0.6) is 0 Å². The second-order valence-corrected chi connectivity index (χ2v) is 7.74. The van der Waals surface area contributed by atoms with Crippen molar-refractivity contribution < 1.29 is 17.9 Å². The Balaban J connectivity index is 1.88. The third-order valence-electron chi connectivity index (χ3n) is 4.11. The fourth-order valence-electron chi connectivity index (χ4n) is 3.03. The molecular weight excluding hydrogens is 308 g/mol. The molecule has 124 valence electrons. The van der Waals surface area contributed by atoms with E-state index in [1.165, 1.54) is 4.31 Å². The fourth-order valence-corrected chi connectivity index (χ4v) is 4.86. The van der Waals surface area contributed by atoms with Crippen LogP contribution in [0.3, 0.4) is 0 Å². The van der Waals surface area contributed by atoms with E-state index in [4.69, 9.17) is 9.47 Å². The van der Waals surface area contributed by atoms with Gasteiger partial charge in [-0.2, -0.15) is 9.40 Å². The first-order valence-electron chi connectivity index (χ1n) is 7.39. The first-order chi connectivity index (χ1) is 10.4. The number of rotatable bonds is 2. The highest BCUT2D eigenvalue weighted by molar-refractivity contribution is 7.89. The molecule has 2 fully saturated rings. The van der Waals surface area contributed by atoms with E-state index in [1.807, 2.05) is 0 Å². The van der Waals surface area contributed by atoms with Crippen LogP contribution in [0.15, 0.2) is 4.90 Å². The quantitative estimate of drug-likeness (QED) is 0.752. The lowest BCUT2D eigenvalue weighted by Crippen LogP contribution is -2.59. The van der Waals surface area contributed by atoms with Gasteiger partial charge in [-0.05, 0) is 13.8 Å². The van der Waals surface area contributed by atoms with Gasteiger partial charge in [-0.25, -0.2) is 8.42 Å². The molecule has 1 aromatic heterocycles. The number of ether oxygens (including phenoxy) is 2. The van der Waals surface area contributed by atoms with E-state index in [9.17, 15) is 8.42 Å². The lowest BCUT2D eigenvalue weighted by molar-refractivity contribution is -0.118. The Morgan fingerprint density at radius 1 is 1.32 bits per heavy atom. The topological polar surface area (TPSA) is 96.6 Å². The lowest BCUT2D eigenvalue weighted by atomic mass is 10.0. The van der Waals surface area contributed by atoms with Gasteiger partial charge in [-0.1, -0.05) is 0 Å². The minimum atomic E-state index is -3.59. The van der Waals surface area contributed by atoms with Gasteiger partial charge in [-0.3, -0.25) is 5.10 Å². The number of aromatic amines is 1. The van der Waals surface area contributed by atoms with E-state index in [0.29, 0.717) is 44.3 Å². The van der Waals surface area contributed by atoms with E-state index in [0.717, 1.165) is 6.54 Å². The molecule has 22 heavy (non-hydrogen) atoms. The molecule has 0 aromatic carbocycles. The number of nitrogens with zero attached hydrogens (tertiary/aromatic N) is 2. The monoisotopic (exact) mass is 330 g/mol. The van der Waals surface area contributed by atoms with Gasteiger partial charge in [0, 0.05) is 26.2 Å². The first-order valence-corrected chi connectivity index (χ1v) is 8.83. The summed E-state index contributed by atoms with van der Waals surface area (Å²) in [6, 6.07) is 0. The van der Waals surface area contributed by atoms with Gasteiger partial charge < -0.3 is 14.8 Å². The maximum Gasteiger partial charge on any atom is 0.246 e. The number of sulfonamides is 1. The van der Waals surface area contributed by atoms with E-state index in [1.54, 1.807) is 13.8 Å². The molecule has 2 saturated heterocycles. The molecule has 0 bridgehead atoms. The molecule has 9 heteroatoms. The summed E-state index contributed by atoms with van der Waals surface area (Å²) >= 11 is 0. The maximum absolute atomic E-state index is 13.0. The number of aromatic nitrogens is 2. The van der Waals surface area contributed by atoms with E-state index in [-0.39, 0.29) is 11.4 Å². The van der Waals surface area contributed by atoms with Gasteiger partial charge >= 0.3 is 0 Å². The zero-order valence-electron chi connectivity index (χ0n) is 12.9. The second-order valence-electron chi connectivity index (χ2n) is 5.86. The molecular formula is C13H22N4O4S. The summed E-state index contributed by atoms with van der Waals surface area (Å²) in [5.74, 6) is 0. The fraction of sp³-hybridized carbons (Fsp3) is 0.769. The Morgan fingerprint density at radius 2 is 2.14 bits per heavy atom. The summed E-state index contributed by atoms with van der Waals surface area (Å²) in [6.45, 7) is 6.75. The Hall–Kier alpha value is -1.00. The summed E-state index contributed by atoms with van der Waals surface area (Å²) < 4.78 is 38.8. The van der Waals surface area contributed by atoms with Crippen LogP contribution in [0.25, 0.3) is 0 Å². The van der Waals surface area contributed by atoms with Crippen molar-refractivity contribution in [2.24, 2.45) is 0 Å². The van der Waals surface area contributed by atoms with Crippen molar-refractivity contribution in [3.63, 3.8) is 0 Å². The van der Waals surface area contributed by atoms with Gasteiger partial charge in [-0.15, -0.1) is 0 Å². The summed E-state index contributed by atoms with van der Waals surface area (Å²) in [5, 5.41) is 9.98. The van der Waals surface area contributed by atoms with Gasteiger partial charge in [0.2, 0.25) is 10.0 Å². The van der Waals surface area contributed by atoms with Crippen LogP contribution in [0.1, 0.15) is 11.4 Å². The minimum Gasteiger partial charge on any atom is -0.377 e. The maximum atomic E-state index is 13.0. The average Bonchev–Trinajstić information content (AvgIpc) is 2.69. The SMILES string of the molecule is Cc1n[nH]c(C)c1S(=O)(=O)N1CCOC2(CNCCOC2)C1. The van der Waals surface area contributed by atoms with Crippen LogP contribution in [0.4, 0.5) is 0 Å². The second kappa shape index (κ2) is 5.89. The van der Waals surface area contributed by atoms with E-state index >= 15 is 0 Å². The average molecular weight is 330 g/mol. The number of H-pyrrole nitrogens is 1. The van der Waals surface area contributed by atoms with Crippen LogP contribution < -0.4 is 5.32 Å². The molecule has 2 N–H and O–H groups in total. The van der Waals surface area contributed by atoms with Crippen LogP contribution in [0.2, 0.25) is 0 Å². The Labute approximate surface area is 130 Å². The molecule has 3 rings (SSSR count). The smallest absolute Gasteiger partial charge is 0.246 e. The first kappa shape index (κ1) is 15.9. The molecule has 2 aliphatic rings. The highest BCUT2D eigenvalue weighted by Gasteiger charge is 2.43. The van der Waals surface area contributed by atoms with Crippen LogP contribution >= 0.6 is 0 Å². The van der Waals surface area contributed by atoms with E-state index in [2.05, 4.69) is 15.5 Å². The van der Waals surface area contributed by atoms with Crippen LogP contribution in [0, 0.1) is 13.8 Å². The standard InChI is InChI=1S/C13H22N4O4S/c1-10-12(11(2)16-15-10)22(18,19)17-4-6-21-13(8-17)7-14-3-5-20-9-13/h14H,3-9H2,1-2H3,(H,15,16). The Kier molecular flexibility index (Phi) is 4.25. The lowest BCUT2D eigenvalue weighted by Gasteiger charge is -2.41. The zero-order valence-corrected chi connectivity index (χ0v) is 13.7. The number of hydrogen-bond donors (Lipinski definition) is 2. The number of aryl methyl sites for hydroxylation is 2. The largest absolute Gasteiger partial charge is 0.377 e. The number of morpholine rings is 1. The van der Waals surface area contributed by atoms with Crippen molar-refractivity contribution >= 4 is 10.0 Å². The molecule has 0 amide bonds. The molecule has 8 nitrogen and oxygen atoms in total. The highest BCUT2D eigenvalue weighted by Crippen LogP contribution is 2.27. The molecule has 2 aliphatic heterocycles. The van der Waals surface area contributed by atoms with Crippen molar-refractivity contribution in [3.8, 4) is 0 Å². The molecule has 0 saturated carbocycles. The molecule has 1 unspecified atom stereocenters. The third kappa shape index (κ3) is 2.79. The molecule has 0 radical (unpaired) electrons. The van der Waals surface area contributed by atoms with Crippen LogP contribution in [-0.2, 0) is 19.5 Å². The molecule has 1 atom stereocenters. The molecule has 0 aliphatic carbocycles. The van der Waals surface area contributed by atoms with Gasteiger partial charge in [0.05, 0.1) is 31.2 Å². The van der Waals surface area contributed by atoms with Crippen molar-refractivity contribution in [2.45, 2.75) is 24.3 Å². The molecule has 3 heterocycles. The van der Waals surface area contributed by atoms with Crippen molar-refractivity contribution in [1.82, 2.24) is 19.8 Å². The minimum absolute atomic E-state index is 0.270. The molecule has 1 spiro atoms. The van der Waals surface area contributed by atoms with Gasteiger partial charge in [0.15, 0.2) is 0 Å². The van der Waals surface area contributed by atoms with E-state index < -0.39 is 15.6 Å². The third-order valence-corrected chi connectivity index (χ3v) is 6.22. The Morgan fingerprint density at radius 3 is 2.86 bits per heavy atom. The van der Waals surface area contributed by atoms with Gasteiger partial charge in [0.1, 0.15) is 10.5 Å². The predicted molar refractivity (Wildman–Crippen MR) is 79.2 cm³/mol. The summed E-state index contributed by atoms with van der Waals surface area (Å²) in [4.78, 5) is 0.270. The summed E-state index contributed by atoms with van der Waals surface area (Å²) in [5.41, 5.74) is 0.439. The van der Waals surface area contributed by atoms with Crippen LogP contribution in [-0.4, -0.2) is 74.5 Å².